The minimum atomic E-state index is -5.78. The second-order valence-electron chi connectivity index (χ2n) is 9.53. The van der Waals surface area contributed by atoms with Crippen LogP contribution < -0.4 is 4.74 Å². The second-order valence-corrected chi connectivity index (χ2v) is 13.1. The third-order valence-electron chi connectivity index (χ3n) is 4.92. The molecule has 0 unspecified atom stereocenters. The molecule has 0 aliphatic rings. The van der Waals surface area contributed by atoms with E-state index in [1.807, 2.05) is 0 Å². The quantitative estimate of drug-likeness (QED) is 0.110. The highest BCUT2D eigenvalue weighted by Gasteiger charge is 2.38. The lowest BCUT2D eigenvalue weighted by molar-refractivity contribution is -0.139. The van der Waals surface area contributed by atoms with Crippen molar-refractivity contribution in [1.82, 2.24) is 0 Å². The number of benzene rings is 3. The van der Waals surface area contributed by atoms with Gasteiger partial charge in [-0.3, -0.25) is 0 Å². The number of hydrogen-bond donors (Lipinski definition) is 0. The first kappa shape index (κ1) is 34.0. The van der Waals surface area contributed by atoms with Crippen molar-refractivity contribution in [2.75, 3.05) is 19.8 Å². The molecule has 0 N–H and O–H groups in total. The summed E-state index contributed by atoms with van der Waals surface area (Å²) in [4.78, 5) is 14.9. The summed E-state index contributed by atoms with van der Waals surface area (Å²) in [7, 11) is -5.89. The van der Waals surface area contributed by atoms with E-state index in [1.54, 1.807) is 0 Å². The fourth-order valence-electron chi connectivity index (χ4n) is 3.18. The summed E-state index contributed by atoms with van der Waals surface area (Å²) in [6, 6.07) is 29.9. The number of alkyl halides is 2. The highest BCUT2D eigenvalue weighted by Crippen LogP contribution is 2.32. The van der Waals surface area contributed by atoms with Crippen LogP contribution in [0.25, 0.3) is 0 Å². The van der Waals surface area contributed by atoms with Crippen molar-refractivity contribution >= 4 is 27.0 Å². The Morgan fingerprint density at radius 2 is 1.34 bits per heavy atom. The van der Waals surface area contributed by atoms with Crippen molar-refractivity contribution < 1.29 is 40.8 Å². The monoisotopic (exact) mass is 608 g/mol. The fourth-order valence-corrected chi connectivity index (χ4v) is 5.49. The Labute approximate surface area is 243 Å². The summed E-state index contributed by atoms with van der Waals surface area (Å²) < 4.78 is 70.0. The van der Waals surface area contributed by atoms with E-state index in [1.165, 1.54) is 21.6 Å². The molecule has 0 spiro atoms. The lowest BCUT2D eigenvalue weighted by Crippen LogP contribution is -2.34. The molecule has 3 rings (SSSR count). The Morgan fingerprint density at radius 1 is 0.878 bits per heavy atom. The number of halogens is 2. The molecule has 3 aromatic rings. The third-order valence-corrected chi connectivity index (χ3v) is 8.00. The van der Waals surface area contributed by atoms with Crippen molar-refractivity contribution in [3.05, 3.63) is 97.1 Å². The van der Waals surface area contributed by atoms with Crippen LogP contribution in [-0.2, 0) is 35.3 Å². The van der Waals surface area contributed by atoms with Gasteiger partial charge in [0.05, 0.1) is 29.7 Å². The molecule has 0 aromatic heterocycles. The van der Waals surface area contributed by atoms with Gasteiger partial charge in [-0.15, -0.1) is 0 Å². The van der Waals surface area contributed by atoms with Gasteiger partial charge < -0.3 is 18.8 Å². The van der Waals surface area contributed by atoms with Gasteiger partial charge in [-0.05, 0) is 76.2 Å². The van der Waals surface area contributed by atoms with Gasteiger partial charge in [0.25, 0.3) is 0 Å². The third kappa shape index (κ3) is 11.3. The molecule has 11 heteroatoms. The minimum Gasteiger partial charge on any atom is -0.743 e. The number of carbonyl (C=O) groups excluding carboxylic acids is 1. The van der Waals surface area contributed by atoms with Crippen molar-refractivity contribution in [3.8, 4) is 5.75 Å². The first-order valence-corrected chi connectivity index (χ1v) is 15.2. The Balaban J connectivity index is 0.000000307. The molecule has 0 saturated carbocycles. The summed E-state index contributed by atoms with van der Waals surface area (Å²) in [5.74, 6) is 0.0664. The maximum atomic E-state index is 12.6. The fraction of sp³-hybridized carbons (Fsp3) is 0.300. The van der Waals surface area contributed by atoms with Gasteiger partial charge in [-0.1, -0.05) is 43.0 Å². The first-order chi connectivity index (χ1) is 19.1. The smallest absolute Gasteiger partial charge is 0.357 e. The molecule has 222 valence electrons. The average molecular weight is 609 g/mol. The molecular formula is C30H34F2O7S2. The number of esters is 1. The van der Waals surface area contributed by atoms with E-state index >= 15 is 0 Å². The molecule has 0 radical (unpaired) electrons. The second kappa shape index (κ2) is 15.1. The Bertz CT molecular complexity index is 1320. The van der Waals surface area contributed by atoms with Crippen LogP contribution in [0, 0.1) is 0 Å². The SMILES string of the molecule is C=C(COCC(F)(F)S(=O)(=O)[O-])C(=O)OCC.CC(C)(C)Oc1ccc([S+](c2ccccc2)c2ccccc2)cc1. The van der Waals surface area contributed by atoms with Gasteiger partial charge in [0.15, 0.2) is 24.8 Å². The molecule has 0 amide bonds. The van der Waals surface area contributed by atoms with Crippen LogP contribution in [0.1, 0.15) is 27.7 Å². The van der Waals surface area contributed by atoms with Crippen LogP contribution in [0.4, 0.5) is 8.78 Å². The molecule has 0 saturated heterocycles. The maximum absolute atomic E-state index is 12.6. The summed E-state index contributed by atoms with van der Waals surface area (Å²) in [5, 5.41) is -4.54. The van der Waals surface area contributed by atoms with Crippen molar-refractivity contribution in [3.63, 3.8) is 0 Å². The molecule has 0 aliphatic heterocycles. The van der Waals surface area contributed by atoms with Crippen LogP contribution in [0.15, 0.2) is 112 Å². The summed E-state index contributed by atoms with van der Waals surface area (Å²) >= 11 is 0. The Kier molecular flexibility index (Phi) is 12.5. The normalized spacial score (nSPS) is 11.8. The summed E-state index contributed by atoms with van der Waals surface area (Å²) in [6.45, 7) is 8.70. The zero-order chi connectivity index (χ0) is 30.7. The Hall–Kier alpha value is -3.25. The highest BCUT2D eigenvalue weighted by atomic mass is 32.2. The molecule has 7 nitrogen and oxygen atoms in total. The van der Waals surface area contributed by atoms with Gasteiger partial charge >= 0.3 is 11.2 Å². The van der Waals surface area contributed by atoms with Crippen LogP contribution >= 0.6 is 0 Å². The standard InChI is InChI=1S/C22H23OS.C8H12F2O6S/c1-22(2,3)23-18-14-16-21(17-15-18)24(19-10-6-4-7-11-19)20-12-8-5-9-13-20;1-3-16-7(11)6(2)4-15-5-8(9,10)17(12,13)14/h4-17H,1-3H3;2-5H2,1H3,(H,12,13,14)/q+1;/p-1. The van der Waals surface area contributed by atoms with Gasteiger partial charge in [0.1, 0.15) is 18.0 Å². The van der Waals surface area contributed by atoms with E-state index in [9.17, 15) is 26.5 Å². The summed E-state index contributed by atoms with van der Waals surface area (Å²) in [6.07, 6.45) is 0. The summed E-state index contributed by atoms with van der Waals surface area (Å²) in [5.41, 5.74) is -0.437. The van der Waals surface area contributed by atoms with E-state index in [2.05, 4.69) is 122 Å². The van der Waals surface area contributed by atoms with Crippen LogP contribution in [-0.4, -0.2) is 49.6 Å². The van der Waals surface area contributed by atoms with E-state index in [0.717, 1.165) is 5.75 Å². The predicted octanol–water partition coefficient (Wildman–Crippen LogP) is 6.22. The molecule has 3 aromatic carbocycles. The minimum absolute atomic E-state index is 0.0724. The van der Waals surface area contributed by atoms with E-state index in [0.29, 0.717) is 0 Å². The van der Waals surface area contributed by atoms with Gasteiger partial charge in [0.2, 0.25) is 0 Å². The van der Waals surface area contributed by atoms with Crippen LogP contribution in [0.5, 0.6) is 5.75 Å². The zero-order valence-corrected chi connectivity index (χ0v) is 25.0. The number of carbonyl (C=O) groups is 1. The topological polar surface area (TPSA) is 102 Å². The average Bonchev–Trinajstić information content (AvgIpc) is 2.90. The Morgan fingerprint density at radius 3 is 1.76 bits per heavy atom. The van der Waals surface area contributed by atoms with Crippen molar-refractivity contribution in [1.29, 1.82) is 0 Å². The van der Waals surface area contributed by atoms with E-state index in [-0.39, 0.29) is 28.7 Å². The lowest BCUT2D eigenvalue weighted by atomic mass is 10.2. The molecule has 41 heavy (non-hydrogen) atoms. The molecule has 0 bridgehead atoms. The van der Waals surface area contributed by atoms with E-state index in [4.69, 9.17) is 4.74 Å². The van der Waals surface area contributed by atoms with Crippen LogP contribution in [0.3, 0.4) is 0 Å². The van der Waals surface area contributed by atoms with Gasteiger partial charge in [0, 0.05) is 0 Å². The number of rotatable bonds is 11. The molecule has 0 fully saturated rings. The lowest BCUT2D eigenvalue weighted by Gasteiger charge is -2.21. The van der Waals surface area contributed by atoms with Gasteiger partial charge in [-0.2, -0.15) is 8.78 Å². The first-order valence-electron chi connectivity index (χ1n) is 12.5. The number of hydrogen-bond acceptors (Lipinski definition) is 7. The largest absolute Gasteiger partial charge is 0.743 e. The van der Waals surface area contributed by atoms with Crippen molar-refractivity contribution in [2.24, 2.45) is 0 Å². The molecular weight excluding hydrogens is 574 g/mol. The molecule has 0 aliphatic carbocycles. The molecule has 0 atom stereocenters. The van der Waals surface area contributed by atoms with E-state index < -0.39 is 34.6 Å². The molecule has 0 heterocycles. The van der Waals surface area contributed by atoms with Crippen LogP contribution in [0.2, 0.25) is 0 Å². The maximum Gasteiger partial charge on any atom is 0.357 e. The van der Waals surface area contributed by atoms with Crippen molar-refractivity contribution in [2.45, 2.75) is 53.2 Å². The predicted molar refractivity (Wildman–Crippen MR) is 153 cm³/mol. The zero-order valence-electron chi connectivity index (χ0n) is 23.3. The highest BCUT2D eigenvalue weighted by molar-refractivity contribution is 7.97. The number of ether oxygens (including phenoxy) is 3. The van der Waals surface area contributed by atoms with Gasteiger partial charge in [-0.25, -0.2) is 13.2 Å².